The number of aromatic nitrogens is 2. The number of hydrogen-bond donors (Lipinski definition) is 1. The molecular formula is C14H18F2N4O3S2. The molecule has 2 N–H and O–H groups in total. The van der Waals surface area contributed by atoms with Gasteiger partial charge in [-0.2, -0.15) is 4.98 Å². The maximum absolute atomic E-state index is 13.0. The van der Waals surface area contributed by atoms with Gasteiger partial charge in [-0.05, 0) is 5.41 Å². The highest BCUT2D eigenvalue weighted by Crippen LogP contribution is 2.71. The van der Waals surface area contributed by atoms with E-state index in [1.165, 1.54) is 18.0 Å². The number of thioether (sulfide) groups is 1. The van der Waals surface area contributed by atoms with Crippen molar-refractivity contribution in [3.8, 4) is 0 Å². The third kappa shape index (κ3) is 2.46. The van der Waals surface area contributed by atoms with Crippen molar-refractivity contribution in [3.63, 3.8) is 0 Å². The summed E-state index contributed by atoms with van der Waals surface area (Å²) >= 11 is 1.17. The molecule has 3 atom stereocenters. The molecule has 1 aliphatic heterocycles. The topological polar surface area (TPSA) is 111 Å². The first-order valence-corrected chi connectivity index (χ1v) is 10.4. The number of nitrogens with two attached hydrogens (primary N) is 1. The van der Waals surface area contributed by atoms with Crippen LogP contribution in [-0.2, 0) is 10.0 Å². The van der Waals surface area contributed by atoms with Crippen LogP contribution in [0.3, 0.4) is 0 Å². The molecule has 0 radical (unpaired) electrons. The first kappa shape index (κ1) is 17.3. The summed E-state index contributed by atoms with van der Waals surface area (Å²) in [5.41, 5.74) is -0.441. The van der Waals surface area contributed by atoms with E-state index >= 15 is 0 Å². The summed E-state index contributed by atoms with van der Waals surface area (Å²) in [5, 5.41) is 9.34. The largest absolute Gasteiger partial charge is 0.339 e. The predicted molar refractivity (Wildman–Crippen MR) is 88.0 cm³/mol. The second kappa shape index (κ2) is 5.01. The lowest BCUT2D eigenvalue weighted by Gasteiger charge is -2.32. The van der Waals surface area contributed by atoms with Gasteiger partial charge in [-0.3, -0.25) is 4.99 Å². The Kier molecular flexibility index (Phi) is 3.47. The molecule has 0 bridgehead atoms. The van der Waals surface area contributed by atoms with Gasteiger partial charge in [0.2, 0.25) is 21.8 Å². The fraction of sp³-hybridized carbons (Fsp3) is 0.786. The van der Waals surface area contributed by atoms with Crippen LogP contribution < -0.4 is 5.14 Å². The number of rotatable bonds is 4. The predicted octanol–water partition coefficient (Wildman–Crippen LogP) is 2.08. The van der Waals surface area contributed by atoms with Gasteiger partial charge in [-0.15, -0.1) is 11.8 Å². The van der Waals surface area contributed by atoms with E-state index in [0.29, 0.717) is 5.88 Å². The van der Waals surface area contributed by atoms with E-state index in [4.69, 9.17) is 9.66 Å². The van der Waals surface area contributed by atoms with Gasteiger partial charge in [0, 0.05) is 30.9 Å². The van der Waals surface area contributed by atoms with Crippen molar-refractivity contribution in [2.75, 3.05) is 5.88 Å². The average molecular weight is 392 g/mol. The number of sulfonamides is 1. The minimum absolute atomic E-state index is 0.264. The van der Waals surface area contributed by atoms with Crippen LogP contribution in [0, 0.1) is 11.3 Å². The first-order chi connectivity index (χ1) is 11.5. The molecule has 2 aliphatic carbocycles. The summed E-state index contributed by atoms with van der Waals surface area (Å²) in [5.74, 6) is -2.90. The molecule has 0 amide bonds. The zero-order chi connectivity index (χ0) is 18.3. The van der Waals surface area contributed by atoms with Crippen molar-refractivity contribution in [2.24, 2.45) is 21.5 Å². The van der Waals surface area contributed by atoms with Crippen LogP contribution in [0.25, 0.3) is 0 Å². The molecule has 7 nitrogen and oxygen atoms in total. The van der Waals surface area contributed by atoms with E-state index in [-0.39, 0.29) is 36.4 Å². The summed E-state index contributed by atoms with van der Waals surface area (Å²) < 4.78 is 54.6. The van der Waals surface area contributed by atoms with Crippen LogP contribution in [0.1, 0.15) is 50.2 Å². The van der Waals surface area contributed by atoms with Crippen LogP contribution in [0.5, 0.6) is 0 Å². The van der Waals surface area contributed by atoms with E-state index in [0.717, 1.165) is 0 Å². The van der Waals surface area contributed by atoms with Gasteiger partial charge in [-0.25, -0.2) is 22.3 Å². The maximum Gasteiger partial charge on any atom is 0.249 e. The normalized spacial score (nSPS) is 36.4. The fourth-order valence-corrected chi connectivity index (χ4v) is 7.03. The van der Waals surface area contributed by atoms with Gasteiger partial charge in [-0.1, -0.05) is 19.0 Å². The summed E-state index contributed by atoms with van der Waals surface area (Å²) in [7, 11) is -3.91. The van der Waals surface area contributed by atoms with Crippen LogP contribution in [-0.4, -0.2) is 40.7 Å². The van der Waals surface area contributed by atoms with Crippen molar-refractivity contribution >= 4 is 28.0 Å². The minimum Gasteiger partial charge on any atom is -0.339 e. The Labute approximate surface area is 147 Å². The zero-order valence-corrected chi connectivity index (χ0v) is 15.3. The van der Waals surface area contributed by atoms with Gasteiger partial charge in [0.05, 0.1) is 11.8 Å². The lowest BCUT2D eigenvalue weighted by molar-refractivity contribution is -0.0888. The number of primary sulfonamides is 1. The van der Waals surface area contributed by atoms with E-state index in [1.807, 2.05) is 13.8 Å². The maximum atomic E-state index is 13.0. The first-order valence-electron chi connectivity index (χ1n) is 7.86. The molecular weight excluding hydrogens is 374 g/mol. The third-order valence-electron chi connectivity index (χ3n) is 5.52. The van der Waals surface area contributed by atoms with Crippen molar-refractivity contribution < 1.29 is 21.7 Å². The minimum atomic E-state index is -3.91. The second-order valence-corrected chi connectivity index (χ2v) is 10.8. The molecule has 1 aromatic rings. The van der Waals surface area contributed by atoms with Crippen molar-refractivity contribution in [2.45, 2.75) is 48.5 Å². The summed E-state index contributed by atoms with van der Waals surface area (Å²) in [6.07, 6.45) is 0.837. The second-order valence-electron chi connectivity index (χ2n) is 7.58. The van der Waals surface area contributed by atoms with Gasteiger partial charge < -0.3 is 4.52 Å². The fourth-order valence-electron chi connectivity index (χ4n) is 4.08. The van der Waals surface area contributed by atoms with E-state index in [2.05, 4.69) is 15.1 Å². The molecule has 138 valence electrons. The van der Waals surface area contributed by atoms with Crippen LogP contribution in [0.4, 0.5) is 8.78 Å². The highest BCUT2D eigenvalue weighted by atomic mass is 32.3. The number of nitrogens with zero attached hydrogens (tertiary/aromatic N) is 3. The SMILES string of the molecule is CC1(C)C(c2nc(C3CC(F)(F)C3)no2)C1C1(S(N)(=O)=O)C=NCS1. The van der Waals surface area contributed by atoms with Crippen LogP contribution in [0.2, 0.25) is 0 Å². The highest BCUT2D eigenvalue weighted by Gasteiger charge is 2.73. The van der Waals surface area contributed by atoms with Gasteiger partial charge in [0.15, 0.2) is 9.90 Å². The van der Waals surface area contributed by atoms with Crippen LogP contribution >= 0.6 is 11.8 Å². The van der Waals surface area contributed by atoms with Gasteiger partial charge in [0.1, 0.15) is 0 Å². The van der Waals surface area contributed by atoms with Gasteiger partial charge >= 0.3 is 0 Å². The lowest BCUT2D eigenvalue weighted by Crippen LogP contribution is -2.44. The molecule has 2 fully saturated rings. The molecule has 11 heteroatoms. The van der Waals surface area contributed by atoms with Crippen molar-refractivity contribution in [1.29, 1.82) is 0 Å². The molecule has 0 spiro atoms. The summed E-state index contributed by atoms with van der Waals surface area (Å²) in [6, 6.07) is 0. The molecule has 3 aliphatic rings. The number of hydrogen-bond acceptors (Lipinski definition) is 7. The molecule has 4 rings (SSSR count). The Hall–Kier alpha value is -1.07. The highest BCUT2D eigenvalue weighted by molar-refractivity contribution is 8.15. The Balaban J connectivity index is 1.62. The third-order valence-corrected chi connectivity index (χ3v) is 8.91. The monoisotopic (exact) mass is 392 g/mol. The Morgan fingerprint density at radius 1 is 1.36 bits per heavy atom. The number of aliphatic imine (C=N–C) groups is 1. The van der Waals surface area contributed by atoms with Gasteiger partial charge in [0.25, 0.3) is 0 Å². The molecule has 1 aromatic heterocycles. The molecule has 2 saturated carbocycles. The molecule has 3 unspecified atom stereocenters. The summed E-state index contributed by atoms with van der Waals surface area (Å²) in [6.45, 7) is 3.81. The standard InChI is InChI=1S/C14H18F2N4O3S2/c1-12(2)8(9(12)14(25(17,21)22)5-18-6-24-14)11-19-10(20-23-11)7-3-13(15,16)4-7/h5,7-9H,3-4,6H2,1-2H3,(H2,17,21,22). The van der Waals surface area contributed by atoms with E-state index in [9.17, 15) is 17.2 Å². The molecule has 25 heavy (non-hydrogen) atoms. The Morgan fingerprint density at radius 2 is 2.04 bits per heavy atom. The summed E-state index contributed by atoms with van der Waals surface area (Å²) in [4.78, 5) is 8.35. The molecule has 2 heterocycles. The Morgan fingerprint density at radius 3 is 2.56 bits per heavy atom. The van der Waals surface area contributed by atoms with Crippen LogP contribution in [0.15, 0.2) is 9.52 Å². The van der Waals surface area contributed by atoms with Crippen molar-refractivity contribution in [3.05, 3.63) is 11.7 Å². The molecule has 0 saturated heterocycles. The molecule has 0 aromatic carbocycles. The van der Waals surface area contributed by atoms with Crippen molar-refractivity contribution in [1.82, 2.24) is 10.1 Å². The lowest BCUT2D eigenvalue weighted by atomic mass is 9.81. The average Bonchev–Trinajstić information content (AvgIpc) is 2.94. The number of alkyl halides is 2. The number of halogens is 2. The van der Waals surface area contributed by atoms with E-state index < -0.39 is 31.4 Å². The zero-order valence-electron chi connectivity index (χ0n) is 13.6. The quantitative estimate of drug-likeness (QED) is 0.840. The smallest absolute Gasteiger partial charge is 0.249 e. The Bertz CT molecular complexity index is 846. The van der Waals surface area contributed by atoms with E-state index in [1.54, 1.807) is 0 Å².